The fraction of sp³-hybridized carbons (Fsp3) is 0.133. The number of rotatable bonds is 5. The summed E-state index contributed by atoms with van der Waals surface area (Å²) >= 11 is 5.74. The van der Waals surface area contributed by atoms with E-state index in [4.69, 9.17) is 16.3 Å². The molecule has 0 heterocycles. The first-order chi connectivity index (χ1) is 10.1. The highest BCUT2D eigenvalue weighted by atomic mass is 35.5. The lowest BCUT2D eigenvalue weighted by molar-refractivity contribution is 0.0946. The van der Waals surface area contributed by atoms with Gasteiger partial charge in [0.15, 0.2) is 11.6 Å². The summed E-state index contributed by atoms with van der Waals surface area (Å²) in [6.45, 7) is 0.484. The Balaban J connectivity index is 1.79. The Labute approximate surface area is 125 Å². The van der Waals surface area contributed by atoms with Gasteiger partial charge >= 0.3 is 0 Å². The Kier molecular flexibility index (Phi) is 5.11. The van der Waals surface area contributed by atoms with Crippen molar-refractivity contribution in [1.29, 1.82) is 0 Å². The third kappa shape index (κ3) is 4.43. The molecule has 3 nitrogen and oxygen atoms in total. The number of hydrogen-bond donors (Lipinski definition) is 1. The van der Waals surface area contributed by atoms with Gasteiger partial charge in [0.25, 0.3) is 5.91 Å². The normalized spacial score (nSPS) is 10.2. The fourth-order valence-electron chi connectivity index (χ4n) is 1.60. The van der Waals surface area contributed by atoms with Crippen LogP contribution in [0.15, 0.2) is 42.5 Å². The summed E-state index contributed by atoms with van der Waals surface area (Å²) in [5, 5.41) is 3.15. The first-order valence-electron chi connectivity index (χ1n) is 6.18. The highest BCUT2D eigenvalue weighted by molar-refractivity contribution is 6.30. The fourth-order valence-corrected chi connectivity index (χ4v) is 1.73. The Morgan fingerprint density at radius 2 is 1.81 bits per heavy atom. The molecule has 0 aliphatic rings. The highest BCUT2D eigenvalue weighted by Gasteiger charge is 2.09. The number of amides is 1. The summed E-state index contributed by atoms with van der Waals surface area (Å²) in [5.41, 5.74) is 0.0559. The second-order valence-electron chi connectivity index (χ2n) is 4.19. The molecule has 0 radical (unpaired) electrons. The number of ether oxygens (including phenoxy) is 1. The molecule has 2 aromatic carbocycles. The molecule has 0 saturated carbocycles. The lowest BCUT2D eigenvalue weighted by Crippen LogP contribution is -2.28. The molecule has 0 aliphatic carbocycles. The zero-order valence-electron chi connectivity index (χ0n) is 10.9. The molecule has 6 heteroatoms. The maximum atomic E-state index is 13.0. The van der Waals surface area contributed by atoms with E-state index in [2.05, 4.69) is 5.32 Å². The molecule has 0 spiro atoms. The quantitative estimate of drug-likeness (QED) is 0.859. The van der Waals surface area contributed by atoms with E-state index in [0.717, 1.165) is 12.1 Å². The molecule has 21 heavy (non-hydrogen) atoms. The van der Waals surface area contributed by atoms with Gasteiger partial charge in [0.2, 0.25) is 0 Å². The number of carbonyl (C=O) groups excluding carboxylic acids is 1. The van der Waals surface area contributed by atoms with Crippen LogP contribution in [0.4, 0.5) is 8.78 Å². The summed E-state index contributed by atoms with van der Waals surface area (Å²) < 4.78 is 31.1. The van der Waals surface area contributed by atoms with Crippen molar-refractivity contribution in [1.82, 2.24) is 5.32 Å². The van der Waals surface area contributed by atoms with E-state index in [0.29, 0.717) is 10.8 Å². The molecule has 0 saturated heterocycles. The standard InChI is InChI=1S/C15H12ClF2NO2/c16-11-2-4-12(5-3-11)21-8-7-19-15(20)10-1-6-13(17)14(18)9-10/h1-6,9H,7-8H2,(H,19,20). The number of hydrogen-bond acceptors (Lipinski definition) is 2. The van der Waals surface area contributed by atoms with Gasteiger partial charge in [0, 0.05) is 10.6 Å². The number of halogens is 3. The molecule has 0 atom stereocenters. The average Bonchev–Trinajstić information content (AvgIpc) is 2.48. The van der Waals surface area contributed by atoms with Crippen LogP contribution in [0.3, 0.4) is 0 Å². The van der Waals surface area contributed by atoms with E-state index in [9.17, 15) is 13.6 Å². The molecule has 1 N–H and O–H groups in total. The minimum absolute atomic E-state index is 0.0559. The zero-order valence-corrected chi connectivity index (χ0v) is 11.7. The minimum Gasteiger partial charge on any atom is -0.492 e. The van der Waals surface area contributed by atoms with Crippen molar-refractivity contribution >= 4 is 17.5 Å². The van der Waals surface area contributed by atoms with Crippen molar-refractivity contribution in [2.45, 2.75) is 0 Å². The SMILES string of the molecule is O=C(NCCOc1ccc(Cl)cc1)c1ccc(F)c(F)c1. The van der Waals surface area contributed by atoms with Gasteiger partial charge in [-0.1, -0.05) is 11.6 Å². The van der Waals surface area contributed by atoms with Gasteiger partial charge in [-0.05, 0) is 42.5 Å². The lowest BCUT2D eigenvalue weighted by Gasteiger charge is -2.08. The summed E-state index contributed by atoms with van der Waals surface area (Å²) in [4.78, 5) is 11.7. The van der Waals surface area contributed by atoms with Crippen LogP contribution in [0, 0.1) is 11.6 Å². The highest BCUT2D eigenvalue weighted by Crippen LogP contribution is 2.15. The van der Waals surface area contributed by atoms with Crippen LogP contribution in [0.5, 0.6) is 5.75 Å². The number of benzene rings is 2. The van der Waals surface area contributed by atoms with Crippen LogP contribution < -0.4 is 10.1 Å². The van der Waals surface area contributed by atoms with Crippen molar-refractivity contribution in [3.63, 3.8) is 0 Å². The minimum atomic E-state index is -1.06. The summed E-state index contributed by atoms with van der Waals surface area (Å²) in [7, 11) is 0. The van der Waals surface area contributed by atoms with Gasteiger partial charge in [-0.2, -0.15) is 0 Å². The summed E-state index contributed by atoms with van der Waals surface area (Å²) in [6, 6.07) is 9.78. The van der Waals surface area contributed by atoms with Crippen LogP contribution in [0.25, 0.3) is 0 Å². The Bertz CT molecular complexity index is 632. The van der Waals surface area contributed by atoms with Gasteiger partial charge < -0.3 is 10.1 Å². The van der Waals surface area contributed by atoms with Crippen LogP contribution in [0.2, 0.25) is 5.02 Å². The van der Waals surface area contributed by atoms with E-state index in [1.165, 1.54) is 6.07 Å². The van der Waals surface area contributed by atoms with Crippen molar-refractivity contribution in [3.8, 4) is 5.75 Å². The first kappa shape index (κ1) is 15.3. The molecule has 110 valence electrons. The molecule has 0 bridgehead atoms. The Morgan fingerprint density at radius 3 is 2.48 bits per heavy atom. The predicted molar refractivity (Wildman–Crippen MR) is 75.6 cm³/mol. The summed E-state index contributed by atoms with van der Waals surface area (Å²) in [6.07, 6.45) is 0. The topological polar surface area (TPSA) is 38.3 Å². The molecule has 0 fully saturated rings. The molecule has 2 rings (SSSR count). The van der Waals surface area contributed by atoms with Gasteiger partial charge in [-0.25, -0.2) is 8.78 Å². The van der Waals surface area contributed by atoms with E-state index >= 15 is 0 Å². The number of nitrogens with one attached hydrogen (secondary N) is 1. The molecule has 0 aromatic heterocycles. The van der Waals surface area contributed by atoms with Crippen LogP contribution >= 0.6 is 11.6 Å². The van der Waals surface area contributed by atoms with Gasteiger partial charge in [-0.3, -0.25) is 4.79 Å². The van der Waals surface area contributed by atoms with Crippen LogP contribution in [0.1, 0.15) is 10.4 Å². The predicted octanol–water partition coefficient (Wildman–Crippen LogP) is 3.43. The second kappa shape index (κ2) is 7.04. The van der Waals surface area contributed by atoms with Crippen molar-refractivity contribution in [2.24, 2.45) is 0 Å². The maximum Gasteiger partial charge on any atom is 0.251 e. The molecule has 2 aromatic rings. The third-order valence-corrected chi connectivity index (χ3v) is 2.90. The zero-order chi connectivity index (χ0) is 15.2. The Morgan fingerprint density at radius 1 is 1.10 bits per heavy atom. The van der Waals surface area contributed by atoms with Crippen molar-refractivity contribution in [3.05, 3.63) is 64.7 Å². The van der Waals surface area contributed by atoms with Gasteiger partial charge in [0.1, 0.15) is 12.4 Å². The monoisotopic (exact) mass is 311 g/mol. The summed E-state index contributed by atoms with van der Waals surface area (Å²) in [5.74, 6) is -1.91. The molecule has 0 aliphatic heterocycles. The van der Waals surface area contributed by atoms with Crippen LogP contribution in [-0.2, 0) is 0 Å². The van der Waals surface area contributed by atoms with E-state index < -0.39 is 17.5 Å². The van der Waals surface area contributed by atoms with E-state index in [1.54, 1.807) is 24.3 Å². The number of carbonyl (C=O) groups is 1. The van der Waals surface area contributed by atoms with Crippen molar-refractivity contribution < 1.29 is 18.3 Å². The Hall–Kier alpha value is -2.14. The van der Waals surface area contributed by atoms with Crippen LogP contribution in [-0.4, -0.2) is 19.1 Å². The lowest BCUT2D eigenvalue weighted by atomic mass is 10.2. The maximum absolute atomic E-state index is 13.0. The molecule has 1 amide bonds. The smallest absolute Gasteiger partial charge is 0.251 e. The first-order valence-corrected chi connectivity index (χ1v) is 6.55. The largest absolute Gasteiger partial charge is 0.492 e. The molecule has 0 unspecified atom stereocenters. The molecular weight excluding hydrogens is 300 g/mol. The van der Waals surface area contributed by atoms with Crippen molar-refractivity contribution in [2.75, 3.05) is 13.2 Å². The molecular formula is C15H12ClF2NO2. The second-order valence-corrected chi connectivity index (χ2v) is 4.62. The van der Waals surface area contributed by atoms with Gasteiger partial charge in [-0.15, -0.1) is 0 Å². The van der Waals surface area contributed by atoms with Gasteiger partial charge in [0.05, 0.1) is 6.54 Å². The third-order valence-electron chi connectivity index (χ3n) is 2.65. The van der Waals surface area contributed by atoms with E-state index in [1.807, 2.05) is 0 Å². The average molecular weight is 312 g/mol. The van der Waals surface area contributed by atoms with E-state index in [-0.39, 0.29) is 18.7 Å².